The summed E-state index contributed by atoms with van der Waals surface area (Å²) >= 11 is 0. The lowest BCUT2D eigenvalue weighted by molar-refractivity contribution is -0.137. The zero-order valence-electron chi connectivity index (χ0n) is 9.58. The number of likely N-dealkylation sites (tertiary alicyclic amines) is 1. The van der Waals surface area contributed by atoms with Gasteiger partial charge in [0.05, 0.1) is 0 Å². The maximum atomic E-state index is 12.1. The number of rotatable bonds is 2. The molecule has 2 rings (SSSR count). The third-order valence-corrected chi connectivity index (χ3v) is 3.75. The number of ether oxygens (including phenoxy) is 1. The molecule has 0 aliphatic carbocycles. The van der Waals surface area contributed by atoms with Gasteiger partial charge in [0.2, 0.25) is 5.91 Å². The molecule has 2 aliphatic heterocycles. The Morgan fingerprint density at radius 3 is 2.67 bits per heavy atom. The van der Waals surface area contributed by atoms with Gasteiger partial charge in [-0.2, -0.15) is 0 Å². The second-order valence-electron chi connectivity index (χ2n) is 4.73. The largest absolute Gasteiger partial charge is 0.381 e. The summed E-state index contributed by atoms with van der Waals surface area (Å²) in [7, 11) is 0. The van der Waals surface area contributed by atoms with Crippen molar-refractivity contribution in [1.82, 2.24) is 4.90 Å². The molecule has 1 amide bonds. The molecule has 2 heterocycles. The monoisotopic (exact) mass is 211 g/mol. The summed E-state index contributed by atoms with van der Waals surface area (Å²) in [6, 6.07) is 0. The smallest absolute Gasteiger partial charge is 0.225 e. The molecule has 0 N–H and O–H groups in total. The van der Waals surface area contributed by atoms with Crippen LogP contribution in [0.4, 0.5) is 0 Å². The molecular weight excluding hydrogens is 190 g/mol. The summed E-state index contributed by atoms with van der Waals surface area (Å²) in [5.74, 6) is 1.37. The van der Waals surface area contributed by atoms with Crippen molar-refractivity contribution in [2.75, 3.05) is 26.3 Å². The van der Waals surface area contributed by atoms with E-state index in [0.29, 0.717) is 5.91 Å². The summed E-state index contributed by atoms with van der Waals surface area (Å²) in [4.78, 5) is 14.2. The highest BCUT2D eigenvalue weighted by Crippen LogP contribution is 2.24. The van der Waals surface area contributed by atoms with E-state index in [1.54, 1.807) is 0 Å². The zero-order valence-corrected chi connectivity index (χ0v) is 9.58. The molecular formula is C12H21NO2. The van der Waals surface area contributed by atoms with Gasteiger partial charge in [-0.25, -0.2) is 0 Å². The van der Waals surface area contributed by atoms with Crippen molar-refractivity contribution in [2.24, 2.45) is 11.8 Å². The predicted octanol–water partition coefficient (Wildman–Crippen LogP) is 1.67. The van der Waals surface area contributed by atoms with Gasteiger partial charge in [-0.15, -0.1) is 0 Å². The average molecular weight is 211 g/mol. The first-order valence-corrected chi connectivity index (χ1v) is 6.17. The van der Waals surface area contributed by atoms with Crippen molar-refractivity contribution in [1.29, 1.82) is 0 Å². The standard InChI is InChI=1S/C12H21NO2/c1-2-10-3-6-13(9-10)12(14)11-4-7-15-8-5-11/h10-11H,2-9H2,1H3. The normalized spacial score (nSPS) is 28.3. The Bertz CT molecular complexity index is 224. The lowest BCUT2D eigenvalue weighted by Crippen LogP contribution is -2.37. The third kappa shape index (κ3) is 2.51. The molecule has 1 atom stereocenters. The topological polar surface area (TPSA) is 29.5 Å². The molecule has 15 heavy (non-hydrogen) atoms. The van der Waals surface area contributed by atoms with Crippen LogP contribution in [0.2, 0.25) is 0 Å². The molecule has 86 valence electrons. The molecule has 2 aliphatic rings. The summed E-state index contributed by atoms with van der Waals surface area (Å²) in [5, 5.41) is 0. The Morgan fingerprint density at radius 2 is 2.07 bits per heavy atom. The molecule has 0 radical (unpaired) electrons. The predicted molar refractivity (Wildman–Crippen MR) is 58.5 cm³/mol. The van der Waals surface area contributed by atoms with E-state index in [9.17, 15) is 4.79 Å². The van der Waals surface area contributed by atoms with E-state index < -0.39 is 0 Å². The van der Waals surface area contributed by atoms with Crippen LogP contribution in [-0.4, -0.2) is 37.1 Å². The highest BCUT2D eigenvalue weighted by atomic mass is 16.5. The van der Waals surface area contributed by atoms with E-state index in [0.717, 1.165) is 45.1 Å². The Labute approximate surface area is 91.8 Å². The number of hydrogen-bond donors (Lipinski definition) is 0. The van der Waals surface area contributed by atoms with Gasteiger partial charge in [-0.05, 0) is 25.2 Å². The van der Waals surface area contributed by atoms with Gasteiger partial charge >= 0.3 is 0 Å². The Hall–Kier alpha value is -0.570. The average Bonchev–Trinajstić information content (AvgIpc) is 2.78. The number of carbonyl (C=O) groups is 1. The van der Waals surface area contributed by atoms with Crippen molar-refractivity contribution in [3.05, 3.63) is 0 Å². The second-order valence-corrected chi connectivity index (χ2v) is 4.73. The van der Waals surface area contributed by atoms with Gasteiger partial charge in [0.15, 0.2) is 0 Å². The van der Waals surface area contributed by atoms with Crippen molar-refractivity contribution >= 4 is 5.91 Å². The van der Waals surface area contributed by atoms with Crippen LogP contribution < -0.4 is 0 Å². The lowest BCUT2D eigenvalue weighted by atomic mass is 9.99. The van der Waals surface area contributed by atoms with Gasteiger partial charge < -0.3 is 9.64 Å². The fourth-order valence-electron chi connectivity index (χ4n) is 2.57. The van der Waals surface area contributed by atoms with Crippen LogP contribution in [0.3, 0.4) is 0 Å². The molecule has 2 fully saturated rings. The highest BCUT2D eigenvalue weighted by molar-refractivity contribution is 5.79. The van der Waals surface area contributed by atoms with E-state index in [1.807, 2.05) is 0 Å². The Morgan fingerprint density at radius 1 is 1.33 bits per heavy atom. The van der Waals surface area contributed by atoms with Crippen LogP contribution in [0, 0.1) is 11.8 Å². The second kappa shape index (κ2) is 4.97. The molecule has 0 aromatic rings. The highest BCUT2D eigenvalue weighted by Gasteiger charge is 2.30. The fourth-order valence-corrected chi connectivity index (χ4v) is 2.57. The van der Waals surface area contributed by atoms with E-state index in [-0.39, 0.29) is 5.92 Å². The molecule has 1 unspecified atom stereocenters. The SMILES string of the molecule is CCC1CCN(C(=O)C2CCOCC2)C1. The molecule has 3 nitrogen and oxygen atoms in total. The first kappa shape index (κ1) is 10.9. The maximum absolute atomic E-state index is 12.1. The minimum Gasteiger partial charge on any atom is -0.381 e. The molecule has 0 aromatic carbocycles. The number of amides is 1. The van der Waals surface area contributed by atoms with Gasteiger partial charge in [0, 0.05) is 32.2 Å². The van der Waals surface area contributed by atoms with Crippen LogP contribution in [0.5, 0.6) is 0 Å². The molecule has 0 spiro atoms. The van der Waals surface area contributed by atoms with Gasteiger partial charge in [0.25, 0.3) is 0 Å². The van der Waals surface area contributed by atoms with Crippen LogP contribution >= 0.6 is 0 Å². The van der Waals surface area contributed by atoms with Crippen molar-refractivity contribution < 1.29 is 9.53 Å². The minimum absolute atomic E-state index is 0.245. The molecule has 0 aromatic heterocycles. The van der Waals surface area contributed by atoms with Crippen LogP contribution in [0.25, 0.3) is 0 Å². The van der Waals surface area contributed by atoms with E-state index in [2.05, 4.69) is 11.8 Å². The number of nitrogens with zero attached hydrogens (tertiary/aromatic N) is 1. The van der Waals surface area contributed by atoms with E-state index in [4.69, 9.17) is 4.74 Å². The summed E-state index contributed by atoms with van der Waals surface area (Å²) < 4.78 is 5.28. The van der Waals surface area contributed by atoms with Gasteiger partial charge in [0.1, 0.15) is 0 Å². The van der Waals surface area contributed by atoms with Crippen molar-refractivity contribution in [3.63, 3.8) is 0 Å². The van der Waals surface area contributed by atoms with Crippen LogP contribution in [0.15, 0.2) is 0 Å². The molecule has 2 saturated heterocycles. The molecule has 0 saturated carbocycles. The fraction of sp³-hybridized carbons (Fsp3) is 0.917. The first-order valence-electron chi connectivity index (χ1n) is 6.17. The number of hydrogen-bond acceptors (Lipinski definition) is 2. The molecule has 0 bridgehead atoms. The summed E-state index contributed by atoms with van der Waals surface area (Å²) in [6.07, 6.45) is 4.25. The van der Waals surface area contributed by atoms with E-state index >= 15 is 0 Å². The quantitative estimate of drug-likeness (QED) is 0.695. The van der Waals surface area contributed by atoms with Crippen molar-refractivity contribution in [3.8, 4) is 0 Å². The van der Waals surface area contributed by atoms with Gasteiger partial charge in [-0.1, -0.05) is 13.3 Å². The lowest BCUT2D eigenvalue weighted by Gasteiger charge is -2.26. The van der Waals surface area contributed by atoms with Crippen molar-refractivity contribution in [2.45, 2.75) is 32.6 Å². The zero-order chi connectivity index (χ0) is 10.7. The number of carbonyl (C=O) groups excluding carboxylic acids is 1. The Balaban J connectivity index is 1.85. The van der Waals surface area contributed by atoms with Gasteiger partial charge in [-0.3, -0.25) is 4.79 Å². The van der Waals surface area contributed by atoms with E-state index in [1.165, 1.54) is 12.8 Å². The van der Waals surface area contributed by atoms with Crippen LogP contribution in [0.1, 0.15) is 32.6 Å². The van der Waals surface area contributed by atoms with Crippen LogP contribution in [-0.2, 0) is 9.53 Å². The maximum Gasteiger partial charge on any atom is 0.225 e. The first-order chi connectivity index (χ1) is 7.31. The molecule has 3 heteroatoms. The minimum atomic E-state index is 0.245. The summed E-state index contributed by atoms with van der Waals surface area (Å²) in [5.41, 5.74) is 0. The third-order valence-electron chi connectivity index (χ3n) is 3.75. The summed E-state index contributed by atoms with van der Waals surface area (Å²) in [6.45, 7) is 5.72. The Kier molecular flexibility index (Phi) is 3.62.